The van der Waals surface area contributed by atoms with Crippen molar-refractivity contribution in [2.45, 2.75) is 63.3 Å². The Balaban J connectivity index is 1.75. The Morgan fingerprint density at radius 2 is 2.14 bits per heavy atom. The first kappa shape index (κ1) is 15.3. The van der Waals surface area contributed by atoms with Crippen LogP contribution in [-0.4, -0.2) is 23.4 Å². The molecule has 1 unspecified atom stereocenters. The fourth-order valence-corrected chi connectivity index (χ4v) is 3.93. The lowest BCUT2D eigenvalue weighted by Gasteiger charge is -2.38. The molecule has 1 aromatic carbocycles. The summed E-state index contributed by atoms with van der Waals surface area (Å²) in [6, 6.07) is 5.82. The minimum atomic E-state index is -0.520. The molecule has 0 bridgehead atoms. The third kappa shape index (κ3) is 3.43. The van der Waals surface area contributed by atoms with E-state index in [1.165, 1.54) is 12.8 Å². The van der Waals surface area contributed by atoms with E-state index in [2.05, 4.69) is 15.9 Å². The summed E-state index contributed by atoms with van der Waals surface area (Å²) in [5, 5.41) is 9.91. The van der Waals surface area contributed by atoms with Gasteiger partial charge in [0.05, 0.1) is 18.3 Å². The van der Waals surface area contributed by atoms with Crippen LogP contribution < -0.4 is 4.74 Å². The smallest absolute Gasteiger partial charge is 0.126 e. The second-order valence-electron chi connectivity index (χ2n) is 6.33. The van der Waals surface area contributed by atoms with Gasteiger partial charge in [-0.3, -0.25) is 0 Å². The highest BCUT2D eigenvalue weighted by atomic mass is 79.9. The van der Waals surface area contributed by atoms with Crippen LogP contribution in [0, 0.1) is 0 Å². The molecule has 1 aliphatic heterocycles. The summed E-state index contributed by atoms with van der Waals surface area (Å²) in [4.78, 5) is 0. The Kier molecular flexibility index (Phi) is 4.57. The van der Waals surface area contributed by atoms with Gasteiger partial charge in [-0.25, -0.2) is 0 Å². The number of hydrogen-bond acceptors (Lipinski definition) is 3. The molecule has 4 heteroatoms. The molecule has 3 nitrogen and oxygen atoms in total. The second kappa shape index (κ2) is 6.27. The van der Waals surface area contributed by atoms with Crippen molar-refractivity contribution >= 4 is 15.9 Å². The van der Waals surface area contributed by atoms with E-state index >= 15 is 0 Å². The molecule has 2 aliphatic rings. The van der Waals surface area contributed by atoms with Crippen LogP contribution in [0.15, 0.2) is 22.7 Å². The fraction of sp³-hybridized carbons (Fsp3) is 0.647. The van der Waals surface area contributed by atoms with Crippen LogP contribution in [0.3, 0.4) is 0 Å². The molecule has 1 aliphatic carbocycles. The number of halogens is 1. The zero-order chi connectivity index (χ0) is 14.9. The van der Waals surface area contributed by atoms with Gasteiger partial charge in [0.1, 0.15) is 11.9 Å². The molecule has 1 saturated heterocycles. The summed E-state index contributed by atoms with van der Waals surface area (Å²) in [5.41, 5.74) is 0.907. The van der Waals surface area contributed by atoms with Crippen molar-refractivity contribution in [2.24, 2.45) is 0 Å². The van der Waals surface area contributed by atoms with Crippen molar-refractivity contribution in [1.29, 1.82) is 0 Å². The van der Waals surface area contributed by atoms with E-state index in [0.29, 0.717) is 0 Å². The SMILES string of the molecule is C[C@@H](O)c1ccc(Br)cc1OC1CCOC2(CCCC2)C1. The van der Waals surface area contributed by atoms with Gasteiger partial charge in [0.15, 0.2) is 0 Å². The lowest BCUT2D eigenvalue weighted by Crippen LogP contribution is -2.41. The molecule has 3 rings (SSSR count). The van der Waals surface area contributed by atoms with Crippen LogP contribution in [0.5, 0.6) is 5.75 Å². The topological polar surface area (TPSA) is 38.7 Å². The summed E-state index contributed by atoms with van der Waals surface area (Å²) < 4.78 is 13.3. The van der Waals surface area contributed by atoms with E-state index in [9.17, 15) is 5.11 Å². The summed E-state index contributed by atoms with van der Waals surface area (Å²) >= 11 is 3.48. The van der Waals surface area contributed by atoms with Gasteiger partial charge in [0.25, 0.3) is 0 Å². The van der Waals surface area contributed by atoms with E-state index in [-0.39, 0.29) is 11.7 Å². The maximum absolute atomic E-state index is 9.91. The summed E-state index contributed by atoms with van der Waals surface area (Å²) in [5.74, 6) is 0.791. The molecule has 1 saturated carbocycles. The van der Waals surface area contributed by atoms with Crippen LogP contribution in [0.4, 0.5) is 0 Å². The van der Waals surface area contributed by atoms with Gasteiger partial charge in [-0.1, -0.05) is 34.8 Å². The molecule has 2 fully saturated rings. The van der Waals surface area contributed by atoms with Crippen molar-refractivity contribution in [2.75, 3.05) is 6.61 Å². The van der Waals surface area contributed by atoms with Gasteiger partial charge < -0.3 is 14.6 Å². The number of hydrogen-bond donors (Lipinski definition) is 1. The number of aliphatic hydroxyl groups is 1. The third-order valence-corrected chi connectivity index (χ3v) is 5.18. The Labute approximate surface area is 134 Å². The Morgan fingerprint density at radius 3 is 2.86 bits per heavy atom. The van der Waals surface area contributed by atoms with Crippen LogP contribution >= 0.6 is 15.9 Å². The van der Waals surface area contributed by atoms with Gasteiger partial charge >= 0.3 is 0 Å². The first-order valence-corrected chi connectivity index (χ1v) is 8.65. The van der Waals surface area contributed by atoms with Crippen molar-refractivity contribution < 1.29 is 14.6 Å². The standard InChI is InChI=1S/C17H23BrO3/c1-12(19)15-5-4-13(18)10-16(15)21-14-6-9-20-17(11-14)7-2-3-8-17/h4-5,10,12,14,19H,2-3,6-9,11H2,1H3/t12-,14?/m1/s1. The van der Waals surface area contributed by atoms with Crippen molar-refractivity contribution in [1.82, 2.24) is 0 Å². The molecular weight excluding hydrogens is 332 g/mol. The zero-order valence-electron chi connectivity index (χ0n) is 12.5. The molecule has 1 heterocycles. The molecule has 1 spiro atoms. The highest BCUT2D eigenvalue weighted by Crippen LogP contribution is 2.41. The molecule has 21 heavy (non-hydrogen) atoms. The Morgan fingerprint density at radius 1 is 1.38 bits per heavy atom. The molecule has 0 amide bonds. The largest absolute Gasteiger partial charge is 0.490 e. The molecule has 1 N–H and O–H groups in total. The maximum atomic E-state index is 9.91. The second-order valence-corrected chi connectivity index (χ2v) is 7.25. The van der Waals surface area contributed by atoms with Gasteiger partial charge in [0, 0.05) is 22.9 Å². The van der Waals surface area contributed by atoms with Gasteiger partial charge in [-0.2, -0.15) is 0 Å². The summed E-state index contributed by atoms with van der Waals surface area (Å²) in [7, 11) is 0. The van der Waals surface area contributed by atoms with Crippen LogP contribution in [0.25, 0.3) is 0 Å². The summed E-state index contributed by atoms with van der Waals surface area (Å²) in [6.07, 6.45) is 6.41. The highest BCUT2D eigenvalue weighted by Gasteiger charge is 2.40. The van der Waals surface area contributed by atoms with Crippen molar-refractivity contribution in [3.8, 4) is 5.75 Å². The number of ether oxygens (including phenoxy) is 2. The number of rotatable bonds is 3. The molecule has 0 aromatic heterocycles. The van der Waals surface area contributed by atoms with Gasteiger partial charge in [-0.05, 0) is 31.9 Å². The molecule has 2 atom stereocenters. The normalized spacial score (nSPS) is 26.0. The predicted molar refractivity (Wildman–Crippen MR) is 85.6 cm³/mol. The molecular formula is C17H23BrO3. The van der Waals surface area contributed by atoms with Crippen LogP contribution in [0.1, 0.15) is 57.1 Å². The number of aliphatic hydroxyl groups excluding tert-OH is 1. The van der Waals surface area contributed by atoms with Crippen LogP contribution in [-0.2, 0) is 4.74 Å². The van der Waals surface area contributed by atoms with Crippen LogP contribution in [0.2, 0.25) is 0 Å². The molecule has 116 valence electrons. The average molecular weight is 355 g/mol. The van der Waals surface area contributed by atoms with E-state index in [4.69, 9.17) is 9.47 Å². The van der Waals surface area contributed by atoms with E-state index in [0.717, 1.165) is 48.1 Å². The quantitative estimate of drug-likeness (QED) is 0.875. The minimum Gasteiger partial charge on any atom is -0.490 e. The minimum absolute atomic E-state index is 0.0555. The molecule has 0 radical (unpaired) electrons. The van der Waals surface area contributed by atoms with Gasteiger partial charge in [-0.15, -0.1) is 0 Å². The third-order valence-electron chi connectivity index (χ3n) is 4.68. The lowest BCUT2D eigenvalue weighted by molar-refractivity contribution is -0.108. The Hall–Kier alpha value is -0.580. The highest BCUT2D eigenvalue weighted by molar-refractivity contribution is 9.10. The number of benzene rings is 1. The van der Waals surface area contributed by atoms with Gasteiger partial charge in [0.2, 0.25) is 0 Å². The first-order valence-electron chi connectivity index (χ1n) is 7.86. The first-order chi connectivity index (χ1) is 10.1. The van der Waals surface area contributed by atoms with E-state index < -0.39 is 6.10 Å². The zero-order valence-corrected chi connectivity index (χ0v) is 14.1. The monoisotopic (exact) mass is 354 g/mol. The average Bonchev–Trinajstić information content (AvgIpc) is 2.86. The van der Waals surface area contributed by atoms with E-state index in [1.54, 1.807) is 6.92 Å². The van der Waals surface area contributed by atoms with Crippen molar-refractivity contribution in [3.63, 3.8) is 0 Å². The molecule has 1 aromatic rings. The maximum Gasteiger partial charge on any atom is 0.126 e. The summed E-state index contributed by atoms with van der Waals surface area (Å²) in [6.45, 7) is 2.56. The fourth-order valence-electron chi connectivity index (χ4n) is 3.59. The lowest BCUT2D eigenvalue weighted by atomic mass is 9.90. The van der Waals surface area contributed by atoms with E-state index in [1.807, 2.05) is 18.2 Å². The predicted octanol–water partition coefficient (Wildman–Crippen LogP) is 4.37. The van der Waals surface area contributed by atoms with Crippen molar-refractivity contribution in [3.05, 3.63) is 28.2 Å². The Bertz CT molecular complexity index is 495.